The van der Waals surface area contributed by atoms with Crippen LogP contribution in [0.2, 0.25) is 0 Å². The predicted molar refractivity (Wildman–Crippen MR) is 53.3 cm³/mol. The Labute approximate surface area is 73.4 Å². The predicted octanol–water partition coefficient (Wildman–Crippen LogP) is 2.23. The molecular formula is C8H18N2S. The van der Waals surface area contributed by atoms with E-state index < -0.39 is 0 Å². The summed E-state index contributed by atoms with van der Waals surface area (Å²) in [5, 5.41) is 8.31. The van der Waals surface area contributed by atoms with Gasteiger partial charge in [-0.3, -0.25) is 5.41 Å². The Morgan fingerprint density at radius 3 is 2.36 bits per heavy atom. The van der Waals surface area contributed by atoms with Gasteiger partial charge in [0.2, 0.25) is 0 Å². The second kappa shape index (κ2) is 5.47. The van der Waals surface area contributed by atoms with Crippen LogP contribution in [0.15, 0.2) is 0 Å². The molecule has 0 radical (unpaired) electrons. The zero-order valence-corrected chi connectivity index (χ0v) is 8.37. The zero-order chi connectivity index (χ0) is 8.85. The van der Waals surface area contributed by atoms with Crippen molar-refractivity contribution < 1.29 is 0 Å². The smallest absolute Gasteiger partial charge is 0.0916 e. The van der Waals surface area contributed by atoms with Crippen LogP contribution in [-0.2, 0) is 0 Å². The number of amidine groups is 1. The summed E-state index contributed by atoms with van der Waals surface area (Å²) in [6.07, 6.45) is 1.84. The molecule has 0 saturated carbocycles. The van der Waals surface area contributed by atoms with Gasteiger partial charge in [0.05, 0.1) is 5.84 Å². The van der Waals surface area contributed by atoms with Gasteiger partial charge in [0.15, 0.2) is 0 Å². The highest BCUT2D eigenvalue weighted by atomic mass is 32.2. The largest absolute Gasteiger partial charge is 0.388 e. The molecule has 0 aliphatic carbocycles. The number of thioether (sulfide) groups is 1. The van der Waals surface area contributed by atoms with Crippen molar-refractivity contribution in [3.05, 3.63) is 0 Å². The van der Waals surface area contributed by atoms with E-state index in [1.54, 1.807) is 0 Å². The van der Waals surface area contributed by atoms with E-state index in [0.717, 1.165) is 12.8 Å². The van der Waals surface area contributed by atoms with Gasteiger partial charge in [-0.2, -0.15) is 11.8 Å². The minimum atomic E-state index is 0.310. The summed E-state index contributed by atoms with van der Waals surface area (Å²) >= 11 is 1.91. The number of nitrogens with one attached hydrogen (secondary N) is 1. The molecule has 66 valence electrons. The fourth-order valence-corrected chi connectivity index (χ4v) is 2.16. The molecular weight excluding hydrogens is 156 g/mol. The van der Waals surface area contributed by atoms with Gasteiger partial charge in [0.1, 0.15) is 0 Å². The number of nitrogens with two attached hydrogens (primary N) is 1. The third-order valence-corrected chi connectivity index (χ3v) is 2.80. The van der Waals surface area contributed by atoms with E-state index >= 15 is 0 Å². The Morgan fingerprint density at radius 2 is 2.09 bits per heavy atom. The topological polar surface area (TPSA) is 49.9 Å². The second-order valence-corrected chi connectivity index (χ2v) is 4.83. The molecule has 0 amide bonds. The van der Waals surface area contributed by atoms with Crippen LogP contribution < -0.4 is 5.73 Å². The lowest BCUT2D eigenvalue weighted by Gasteiger charge is -2.15. The molecule has 0 aliphatic rings. The van der Waals surface area contributed by atoms with Gasteiger partial charge in [-0.1, -0.05) is 20.8 Å². The first-order valence-electron chi connectivity index (χ1n) is 4.04. The molecule has 11 heavy (non-hydrogen) atoms. The van der Waals surface area contributed by atoms with Crippen LogP contribution in [0.4, 0.5) is 0 Å². The minimum Gasteiger partial charge on any atom is -0.388 e. The van der Waals surface area contributed by atoms with Crippen LogP contribution in [-0.4, -0.2) is 16.3 Å². The molecule has 0 aromatic heterocycles. The van der Waals surface area contributed by atoms with Crippen molar-refractivity contribution in [1.82, 2.24) is 0 Å². The summed E-state index contributed by atoms with van der Waals surface area (Å²) in [7, 11) is 0. The summed E-state index contributed by atoms with van der Waals surface area (Å²) in [4.78, 5) is 0. The highest BCUT2D eigenvalue weighted by Gasteiger charge is 2.09. The van der Waals surface area contributed by atoms with Crippen molar-refractivity contribution in [3.8, 4) is 0 Å². The molecule has 0 spiro atoms. The number of hydrogen-bond acceptors (Lipinski definition) is 2. The normalized spacial score (nSPS) is 13.5. The summed E-state index contributed by atoms with van der Waals surface area (Å²) in [6.45, 7) is 6.49. The van der Waals surface area contributed by atoms with Crippen molar-refractivity contribution in [2.75, 3.05) is 0 Å². The lowest BCUT2D eigenvalue weighted by molar-refractivity contribution is 0.842. The molecule has 3 heteroatoms. The second-order valence-electron chi connectivity index (χ2n) is 2.94. The van der Waals surface area contributed by atoms with Crippen molar-refractivity contribution in [2.45, 2.75) is 44.1 Å². The lowest BCUT2D eigenvalue weighted by Crippen LogP contribution is -2.17. The molecule has 0 aromatic carbocycles. The van der Waals surface area contributed by atoms with Crippen LogP contribution in [0, 0.1) is 5.41 Å². The third-order valence-electron chi connectivity index (χ3n) is 1.37. The van der Waals surface area contributed by atoms with Crippen molar-refractivity contribution in [3.63, 3.8) is 0 Å². The van der Waals surface area contributed by atoms with E-state index in [2.05, 4.69) is 20.8 Å². The molecule has 1 atom stereocenters. The van der Waals surface area contributed by atoms with Gasteiger partial charge in [-0.05, 0) is 11.7 Å². The van der Waals surface area contributed by atoms with E-state index in [0.29, 0.717) is 16.3 Å². The van der Waals surface area contributed by atoms with Crippen molar-refractivity contribution in [2.24, 2.45) is 5.73 Å². The van der Waals surface area contributed by atoms with Gasteiger partial charge in [0.25, 0.3) is 0 Å². The Morgan fingerprint density at radius 1 is 1.55 bits per heavy atom. The standard InChI is InChI=1S/C8H18N2S/c1-4-7(5-8(9)10)11-6(2)3/h6-7H,4-5H2,1-3H3,(H3,9,10). The Balaban J connectivity index is 3.66. The molecule has 0 aliphatic heterocycles. The van der Waals surface area contributed by atoms with E-state index in [-0.39, 0.29) is 0 Å². The van der Waals surface area contributed by atoms with Gasteiger partial charge < -0.3 is 5.73 Å². The van der Waals surface area contributed by atoms with Gasteiger partial charge >= 0.3 is 0 Å². The summed E-state index contributed by atoms with van der Waals surface area (Å²) < 4.78 is 0. The summed E-state index contributed by atoms with van der Waals surface area (Å²) in [5.74, 6) is 0.310. The van der Waals surface area contributed by atoms with E-state index in [4.69, 9.17) is 11.1 Å². The maximum absolute atomic E-state index is 7.14. The highest BCUT2D eigenvalue weighted by Crippen LogP contribution is 2.22. The van der Waals surface area contributed by atoms with Crippen molar-refractivity contribution in [1.29, 1.82) is 5.41 Å². The fraction of sp³-hybridized carbons (Fsp3) is 0.875. The molecule has 1 unspecified atom stereocenters. The van der Waals surface area contributed by atoms with Crippen LogP contribution in [0.1, 0.15) is 33.6 Å². The van der Waals surface area contributed by atoms with Crippen molar-refractivity contribution >= 4 is 17.6 Å². The maximum atomic E-state index is 7.14. The van der Waals surface area contributed by atoms with Crippen LogP contribution in [0.5, 0.6) is 0 Å². The fourth-order valence-electron chi connectivity index (χ4n) is 0.919. The van der Waals surface area contributed by atoms with Crippen LogP contribution >= 0.6 is 11.8 Å². The van der Waals surface area contributed by atoms with Gasteiger partial charge in [-0.15, -0.1) is 0 Å². The molecule has 0 saturated heterocycles. The maximum Gasteiger partial charge on any atom is 0.0916 e. The quantitative estimate of drug-likeness (QED) is 0.496. The Hall–Kier alpha value is -0.180. The minimum absolute atomic E-state index is 0.310. The molecule has 0 rings (SSSR count). The first kappa shape index (κ1) is 10.8. The number of hydrogen-bond donors (Lipinski definition) is 2. The van der Waals surface area contributed by atoms with Crippen LogP contribution in [0.25, 0.3) is 0 Å². The SMILES string of the molecule is CCC(CC(=N)N)SC(C)C. The number of rotatable bonds is 5. The molecule has 0 aromatic rings. The summed E-state index contributed by atoms with van der Waals surface area (Å²) in [5.41, 5.74) is 5.31. The first-order chi connectivity index (χ1) is 5.06. The monoisotopic (exact) mass is 174 g/mol. The molecule has 2 nitrogen and oxygen atoms in total. The van der Waals surface area contributed by atoms with E-state index in [9.17, 15) is 0 Å². The molecule has 0 heterocycles. The Kier molecular flexibility index (Phi) is 5.38. The summed E-state index contributed by atoms with van der Waals surface area (Å²) in [6, 6.07) is 0. The van der Waals surface area contributed by atoms with Gasteiger partial charge in [0, 0.05) is 11.7 Å². The third kappa shape index (κ3) is 6.23. The zero-order valence-electron chi connectivity index (χ0n) is 7.55. The lowest BCUT2D eigenvalue weighted by atomic mass is 10.2. The first-order valence-corrected chi connectivity index (χ1v) is 4.98. The molecule has 3 N–H and O–H groups in total. The molecule has 0 fully saturated rings. The molecule has 0 bridgehead atoms. The average molecular weight is 174 g/mol. The average Bonchev–Trinajstić information content (AvgIpc) is 1.84. The Bertz CT molecular complexity index is 123. The highest BCUT2D eigenvalue weighted by molar-refractivity contribution is 8.00. The van der Waals surface area contributed by atoms with E-state index in [1.165, 1.54) is 0 Å². The van der Waals surface area contributed by atoms with Crippen LogP contribution in [0.3, 0.4) is 0 Å². The van der Waals surface area contributed by atoms with Gasteiger partial charge in [-0.25, -0.2) is 0 Å². The van der Waals surface area contributed by atoms with E-state index in [1.807, 2.05) is 11.8 Å².